The summed E-state index contributed by atoms with van der Waals surface area (Å²) < 4.78 is 5.39. The molecule has 2 aromatic rings. The quantitative estimate of drug-likeness (QED) is 0.857. The minimum atomic E-state index is -0.838. The molecule has 0 saturated heterocycles. The van der Waals surface area contributed by atoms with Crippen LogP contribution < -0.4 is 11.1 Å². The number of oxazole rings is 1. The van der Waals surface area contributed by atoms with Crippen molar-refractivity contribution in [2.24, 2.45) is 5.73 Å². The van der Waals surface area contributed by atoms with Crippen molar-refractivity contribution < 1.29 is 9.21 Å². The summed E-state index contributed by atoms with van der Waals surface area (Å²) >= 11 is 1.56. The van der Waals surface area contributed by atoms with Gasteiger partial charge in [0.2, 0.25) is 11.8 Å². The highest BCUT2D eigenvalue weighted by Crippen LogP contribution is 2.23. The number of rotatable bonds is 6. The summed E-state index contributed by atoms with van der Waals surface area (Å²) in [6, 6.07) is 3.88. The van der Waals surface area contributed by atoms with Crippen LogP contribution in [-0.2, 0) is 11.3 Å². The molecule has 0 bridgehead atoms. The second-order valence-electron chi connectivity index (χ2n) is 4.97. The number of nitrogens with two attached hydrogens (primary N) is 1. The zero-order valence-corrected chi connectivity index (χ0v) is 12.5. The molecule has 20 heavy (non-hydrogen) atoms. The van der Waals surface area contributed by atoms with Crippen LogP contribution in [0.15, 0.2) is 28.2 Å². The van der Waals surface area contributed by atoms with Crippen LogP contribution in [0, 0.1) is 0 Å². The maximum absolute atomic E-state index is 12.0. The minimum absolute atomic E-state index is 0.167. The van der Waals surface area contributed by atoms with E-state index in [1.54, 1.807) is 24.5 Å². The van der Waals surface area contributed by atoms with Gasteiger partial charge in [-0.15, -0.1) is 11.3 Å². The molecule has 0 fully saturated rings. The van der Waals surface area contributed by atoms with Crippen LogP contribution in [0.25, 0.3) is 10.8 Å². The zero-order valence-electron chi connectivity index (χ0n) is 11.7. The number of carbonyl (C=O) groups is 1. The molecule has 1 amide bonds. The van der Waals surface area contributed by atoms with Crippen LogP contribution in [0.1, 0.15) is 32.4 Å². The highest BCUT2D eigenvalue weighted by molar-refractivity contribution is 7.13. The third kappa shape index (κ3) is 3.46. The molecule has 0 aliphatic carbocycles. The van der Waals surface area contributed by atoms with Crippen LogP contribution in [0.5, 0.6) is 0 Å². The van der Waals surface area contributed by atoms with E-state index < -0.39 is 5.54 Å². The lowest BCUT2D eigenvalue weighted by Crippen LogP contribution is -2.51. The fourth-order valence-electron chi connectivity index (χ4n) is 1.91. The van der Waals surface area contributed by atoms with Crippen molar-refractivity contribution in [3.8, 4) is 10.8 Å². The third-order valence-corrected chi connectivity index (χ3v) is 3.86. The number of thiophene rings is 1. The van der Waals surface area contributed by atoms with Crippen molar-refractivity contribution in [3.05, 3.63) is 29.5 Å². The van der Waals surface area contributed by atoms with Crippen molar-refractivity contribution in [1.29, 1.82) is 0 Å². The molecule has 0 saturated carbocycles. The molecule has 2 rings (SSSR count). The van der Waals surface area contributed by atoms with Gasteiger partial charge in [-0.2, -0.15) is 0 Å². The lowest BCUT2D eigenvalue weighted by molar-refractivity contribution is -0.126. The lowest BCUT2D eigenvalue weighted by Gasteiger charge is -2.22. The first kappa shape index (κ1) is 14.7. The van der Waals surface area contributed by atoms with E-state index in [0.29, 0.717) is 24.6 Å². The normalized spacial score (nSPS) is 13.9. The summed E-state index contributed by atoms with van der Waals surface area (Å²) in [6.45, 7) is 4.07. The molecule has 3 N–H and O–H groups in total. The Balaban J connectivity index is 1.93. The maximum atomic E-state index is 12.0. The number of nitrogens with one attached hydrogen (secondary N) is 1. The number of amides is 1. The SMILES string of the molecule is CCCC(C)(N)C(=O)NCc1coc(-c2cccs2)n1. The second-order valence-corrected chi connectivity index (χ2v) is 5.92. The first-order chi connectivity index (χ1) is 9.53. The molecule has 1 atom stereocenters. The molecule has 6 heteroatoms. The van der Waals surface area contributed by atoms with Gasteiger partial charge in [0.05, 0.1) is 22.7 Å². The average molecular weight is 293 g/mol. The van der Waals surface area contributed by atoms with E-state index in [-0.39, 0.29) is 5.91 Å². The van der Waals surface area contributed by atoms with Crippen LogP contribution in [0.3, 0.4) is 0 Å². The van der Waals surface area contributed by atoms with E-state index in [2.05, 4.69) is 10.3 Å². The van der Waals surface area contributed by atoms with Crippen molar-refractivity contribution in [3.63, 3.8) is 0 Å². The molecule has 0 aliphatic rings. The van der Waals surface area contributed by atoms with Gasteiger partial charge in [0.1, 0.15) is 6.26 Å². The number of hydrogen-bond acceptors (Lipinski definition) is 5. The summed E-state index contributed by atoms with van der Waals surface area (Å²) in [5.41, 5.74) is 5.81. The van der Waals surface area contributed by atoms with Gasteiger partial charge in [-0.1, -0.05) is 19.4 Å². The second kappa shape index (κ2) is 6.19. The molecule has 0 spiro atoms. The van der Waals surface area contributed by atoms with E-state index in [4.69, 9.17) is 10.2 Å². The molecular formula is C14H19N3O2S. The van der Waals surface area contributed by atoms with Crippen molar-refractivity contribution >= 4 is 17.2 Å². The Hall–Kier alpha value is -1.66. The molecule has 1 unspecified atom stereocenters. The predicted octanol–water partition coefficient (Wildman–Crippen LogP) is 2.54. The van der Waals surface area contributed by atoms with E-state index >= 15 is 0 Å². The van der Waals surface area contributed by atoms with Crippen LogP contribution >= 0.6 is 11.3 Å². The monoisotopic (exact) mass is 293 g/mol. The molecule has 0 aromatic carbocycles. The summed E-state index contributed by atoms with van der Waals surface area (Å²) in [5, 5.41) is 4.76. The first-order valence-electron chi connectivity index (χ1n) is 6.58. The summed E-state index contributed by atoms with van der Waals surface area (Å²) in [4.78, 5) is 17.3. The Kier molecular flexibility index (Phi) is 4.57. The number of carbonyl (C=O) groups excluding carboxylic acids is 1. The van der Waals surface area contributed by atoms with Gasteiger partial charge in [-0.25, -0.2) is 4.98 Å². The van der Waals surface area contributed by atoms with Gasteiger partial charge >= 0.3 is 0 Å². The molecule has 0 radical (unpaired) electrons. The number of aromatic nitrogens is 1. The lowest BCUT2D eigenvalue weighted by atomic mass is 9.96. The van der Waals surface area contributed by atoms with Crippen molar-refractivity contribution in [2.75, 3.05) is 0 Å². The molecular weight excluding hydrogens is 274 g/mol. The topological polar surface area (TPSA) is 81.2 Å². The summed E-state index contributed by atoms with van der Waals surface area (Å²) in [7, 11) is 0. The highest BCUT2D eigenvalue weighted by atomic mass is 32.1. The molecule has 2 heterocycles. The van der Waals surface area contributed by atoms with Gasteiger partial charge in [-0.05, 0) is 24.8 Å². The van der Waals surface area contributed by atoms with E-state index in [1.807, 2.05) is 24.4 Å². The highest BCUT2D eigenvalue weighted by Gasteiger charge is 2.26. The van der Waals surface area contributed by atoms with E-state index in [0.717, 1.165) is 11.3 Å². The smallest absolute Gasteiger partial charge is 0.240 e. The Morgan fingerprint density at radius 2 is 2.40 bits per heavy atom. The van der Waals surface area contributed by atoms with E-state index in [1.165, 1.54) is 0 Å². The van der Waals surface area contributed by atoms with Gasteiger partial charge < -0.3 is 15.5 Å². The maximum Gasteiger partial charge on any atom is 0.240 e. The standard InChI is InChI=1S/C14H19N3O2S/c1-3-6-14(2,15)13(18)16-8-10-9-19-12(17-10)11-5-4-7-20-11/h4-5,7,9H,3,6,8,15H2,1-2H3,(H,16,18). The van der Waals surface area contributed by atoms with Crippen LogP contribution in [0.2, 0.25) is 0 Å². The predicted molar refractivity (Wildman–Crippen MR) is 79.2 cm³/mol. The number of hydrogen-bond donors (Lipinski definition) is 2. The fourth-order valence-corrected chi connectivity index (χ4v) is 2.56. The molecule has 2 aromatic heterocycles. The van der Waals surface area contributed by atoms with Crippen LogP contribution in [0.4, 0.5) is 0 Å². The van der Waals surface area contributed by atoms with Crippen molar-refractivity contribution in [2.45, 2.75) is 38.8 Å². The zero-order chi connectivity index (χ0) is 14.6. The van der Waals surface area contributed by atoms with Crippen LogP contribution in [-0.4, -0.2) is 16.4 Å². The fraction of sp³-hybridized carbons (Fsp3) is 0.429. The molecule has 5 nitrogen and oxygen atoms in total. The van der Waals surface area contributed by atoms with Gasteiger partial charge in [-0.3, -0.25) is 4.79 Å². The van der Waals surface area contributed by atoms with E-state index in [9.17, 15) is 4.79 Å². The number of nitrogens with zero attached hydrogens (tertiary/aromatic N) is 1. The Bertz CT molecular complexity index is 561. The van der Waals surface area contributed by atoms with Gasteiger partial charge in [0.15, 0.2) is 0 Å². The summed E-state index contributed by atoms with van der Waals surface area (Å²) in [5.74, 6) is 0.411. The third-order valence-electron chi connectivity index (χ3n) is 3.00. The van der Waals surface area contributed by atoms with Gasteiger partial charge in [0, 0.05) is 0 Å². The summed E-state index contributed by atoms with van der Waals surface area (Å²) in [6.07, 6.45) is 3.08. The first-order valence-corrected chi connectivity index (χ1v) is 7.46. The van der Waals surface area contributed by atoms with Gasteiger partial charge in [0.25, 0.3) is 0 Å². The minimum Gasteiger partial charge on any atom is -0.443 e. The molecule has 0 aliphatic heterocycles. The Morgan fingerprint density at radius 1 is 1.60 bits per heavy atom. The average Bonchev–Trinajstić information content (AvgIpc) is 3.06. The Labute approximate surface area is 122 Å². The Morgan fingerprint density at radius 3 is 3.05 bits per heavy atom. The largest absolute Gasteiger partial charge is 0.443 e. The van der Waals surface area contributed by atoms with Crippen molar-refractivity contribution in [1.82, 2.24) is 10.3 Å². The molecule has 108 valence electrons.